The van der Waals surface area contributed by atoms with Gasteiger partial charge in [-0.1, -0.05) is 44.2 Å². The summed E-state index contributed by atoms with van der Waals surface area (Å²) in [6.07, 6.45) is 0. The zero-order chi connectivity index (χ0) is 19.8. The van der Waals surface area contributed by atoms with E-state index in [1.807, 2.05) is 30.3 Å². The highest BCUT2D eigenvalue weighted by Gasteiger charge is 2.23. The molecule has 0 heterocycles. The van der Waals surface area contributed by atoms with Crippen LogP contribution in [0.25, 0.3) is 0 Å². The lowest BCUT2D eigenvalue weighted by molar-refractivity contribution is 0.0783. The van der Waals surface area contributed by atoms with Gasteiger partial charge >= 0.3 is 0 Å². The SMILES string of the molecule is COc1cc(CN(Cc2ccccc2)C(CO)C(C)C)cc(OC)c1OC. The molecule has 2 rings (SSSR count). The molecule has 5 nitrogen and oxygen atoms in total. The summed E-state index contributed by atoms with van der Waals surface area (Å²) >= 11 is 0. The van der Waals surface area contributed by atoms with Crippen molar-refractivity contribution in [1.82, 2.24) is 4.90 Å². The first-order valence-corrected chi connectivity index (χ1v) is 9.21. The molecule has 0 saturated heterocycles. The van der Waals surface area contributed by atoms with Crippen molar-refractivity contribution in [2.24, 2.45) is 5.92 Å². The van der Waals surface area contributed by atoms with Crippen LogP contribution in [0, 0.1) is 5.92 Å². The first-order valence-electron chi connectivity index (χ1n) is 9.21. The van der Waals surface area contributed by atoms with Gasteiger partial charge in [-0.3, -0.25) is 4.90 Å². The number of hydrogen-bond acceptors (Lipinski definition) is 5. The molecule has 0 bridgehead atoms. The van der Waals surface area contributed by atoms with Crippen LogP contribution in [0.1, 0.15) is 25.0 Å². The van der Waals surface area contributed by atoms with Crippen molar-refractivity contribution in [2.45, 2.75) is 33.0 Å². The van der Waals surface area contributed by atoms with E-state index in [9.17, 15) is 5.11 Å². The van der Waals surface area contributed by atoms with E-state index >= 15 is 0 Å². The third kappa shape index (κ3) is 5.37. The lowest BCUT2D eigenvalue weighted by atomic mass is 10.0. The Hall–Kier alpha value is -2.24. The van der Waals surface area contributed by atoms with Gasteiger partial charge in [-0.05, 0) is 29.2 Å². The molecule has 1 N–H and O–H groups in total. The second-order valence-corrected chi connectivity index (χ2v) is 6.92. The number of nitrogens with zero attached hydrogens (tertiary/aromatic N) is 1. The Morgan fingerprint density at radius 1 is 0.852 bits per heavy atom. The molecule has 0 aromatic heterocycles. The maximum Gasteiger partial charge on any atom is 0.203 e. The lowest BCUT2D eigenvalue weighted by Crippen LogP contribution is -2.40. The van der Waals surface area contributed by atoms with E-state index in [0.29, 0.717) is 29.7 Å². The number of rotatable bonds is 10. The smallest absolute Gasteiger partial charge is 0.203 e. The first kappa shape index (κ1) is 21.1. The number of hydrogen-bond donors (Lipinski definition) is 1. The van der Waals surface area contributed by atoms with E-state index in [-0.39, 0.29) is 12.6 Å². The fourth-order valence-electron chi connectivity index (χ4n) is 3.32. The Balaban J connectivity index is 2.36. The Kier molecular flexibility index (Phi) is 7.95. The molecular formula is C22H31NO4. The van der Waals surface area contributed by atoms with Gasteiger partial charge in [0.05, 0.1) is 27.9 Å². The second kappa shape index (κ2) is 10.2. The summed E-state index contributed by atoms with van der Waals surface area (Å²) in [6.45, 7) is 5.78. The van der Waals surface area contributed by atoms with Crippen molar-refractivity contribution in [3.8, 4) is 17.2 Å². The molecule has 2 aromatic carbocycles. The largest absolute Gasteiger partial charge is 0.493 e. The molecule has 5 heteroatoms. The quantitative estimate of drug-likeness (QED) is 0.688. The van der Waals surface area contributed by atoms with Crippen LogP contribution < -0.4 is 14.2 Å². The predicted molar refractivity (Wildman–Crippen MR) is 107 cm³/mol. The van der Waals surface area contributed by atoms with Crippen molar-refractivity contribution in [3.63, 3.8) is 0 Å². The van der Waals surface area contributed by atoms with Crippen LogP contribution in [-0.4, -0.2) is 44.0 Å². The summed E-state index contributed by atoms with van der Waals surface area (Å²) < 4.78 is 16.4. The average Bonchev–Trinajstić information content (AvgIpc) is 2.68. The highest BCUT2D eigenvalue weighted by molar-refractivity contribution is 5.53. The van der Waals surface area contributed by atoms with E-state index in [1.165, 1.54) is 5.56 Å². The van der Waals surface area contributed by atoms with Gasteiger partial charge in [0.1, 0.15) is 0 Å². The van der Waals surface area contributed by atoms with Crippen molar-refractivity contribution in [1.29, 1.82) is 0 Å². The van der Waals surface area contributed by atoms with E-state index < -0.39 is 0 Å². The van der Waals surface area contributed by atoms with Crippen molar-refractivity contribution >= 4 is 0 Å². The summed E-state index contributed by atoms with van der Waals surface area (Å²) in [4.78, 5) is 2.29. The zero-order valence-electron chi connectivity index (χ0n) is 16.9. The molecule has 0 saturated carbocycles. The molecular weight excluding hydrogens is 342 g/mol. The van der Waals surface area contributed by atoms with Gasteiger partial charge in [0.2, 0.25) is 5.75 Å². The minimum absolute atomic E-state index is 0.0456. The van der Waals surface area contributed by atoms with Crippen LogP contribution in [0.3, 0.4) is 0 Å². The van der Waals surface area contributed by atoms with Crippen LogP contribution >= 0.6 is 0 Å². The van der Waals surface area contributed by atoms with Crippen LogP contribution in [-0.2, 0) is 13.1 Å². The lowest BCUT2D eigenvalue weighted by Gasteiger charge is -2.33. The Morgan fingerprint density at radius 3 is 1.85 bits per heavy atom. The molecule has 0 aliphatic heterocycles. The second-order valence-electron chi connectivity index (χ2n) is 6.92. The fraction of sp³-hybridized carbons (Fsp3) is 0.455. The minimum Gasteiger partial charge on any atom is -0.493 e. The summed E-state index contributed by atoms with van der Waals surface area (Å²) in [7, 11) is 4.84. The monoisotopic (exact) mass is 373 g/mol. The van der Waals surface area contributed by atoms with Gasteiger partial charge in [-0.25, -0.2) is 0 Å². The fourth-order valence-corrected chi connectivity index (χ4v) is 3.32. The Morgan fingerprint density at radius 2 is 1.41 bits per heavy atom. The van der Waals surface area contributed by atoms with Crippen molar-refractivity contribution < 1.29 is 19.3 Å². The van der Waals surface area contributed by atoms with Crippen LogP contribution in [0.15, 0.2) is 42.5 Å². The maximum atomic E-state index is 10.00. The molecule has 1 unspecified atom stereocenters. The normalized spacial score (nSPS) is 12.3. The van der Waals surface area contributed by atoms with E-state index in [2.05, 4.69) is 30.9 Å². The third-order valence-electron chi connectivity index (χ3n) is 4.76. The van der Waals surface area contributed by atoms with Crippen LogP contribution in [0.5, 0.6) is 17.2 Å². The molecule has 2 aromatic rings. The van der Waals surface area contributed by atoms with Crippen LogP contribution in [0.4, 0.5) is 0 Å². The summed E-state index contributed by atoms with van der Waals surface area (Å²) in [5.74, 6) is 2.18. The van der Waals surface area contributed by atoms with Gasteiger partial charge in [0.15, 0.2) is 11.5 Å². The Labute approximate surface area is 162 Å². The topological polar surface area (TPSA) is 51.2 Å². The summed E-state index contributed by atoms with van der Waals surface area (Å²) in [6, 6.07) is 14.3. The van der Waals surface area contributed by atoms with E-state index in [4.69, 9.17) is 14.2 Å². The van der Waals surface area contributed by atoms with E-state index in [0.717, 1.165) is 12.1 Å². The number of methoxy groups -OCH3 is 3. The molecule has 0 aliphatic rings. The van der Waals surface area contributed by atoms with Gasteiger partial charge in [0, 0.05) is 19.1 Å². The molecule has 1 atom stereocenters. The maximum absolute atomic E-state index is 10.00. The molecule has 27 heavy (non-hydrogen) atoms. The minimum atomic E-state index is 0.0456. The molecule has 148 valence electrons. The summed E-state index contributed by atoms with van der Waals surface area (Å²) in [5, 5.41) is 10.00. The average molecular weight is 373 g/mol. The molecule has 0 aliphatic carbocycles. The predicted octanol–water partition coefficient (Wildman–Crippen LogP) is 3.73. The van der Waals surface area contributed by atoms with E-state index in [1.54, 1.807) is 21.3 Å². The molecule has 0 amide bonds. The van der Waals surface area contributed by atoms with Crippen molar-refractivity contribution in [3.05, 3.63) is 53.6 Å². The van der Waals surface area contributed by atoms with Gasteiger partial charge in [0.25, 0.3) is 0 Å². The van der Waals surface area contributed by atoms with Crippen LogP contribution in [0.2, 0.25) is 0 Å². The van der Waals surface area contributed by atoms with Crippen molar-refractivity contribution in [2.75, 3.05) is 27.9 Å². The van der Waals surface area contributed by atoms with Gasteiger partial charge in [-0.2, -0.15) is 0 Å². The Bertz CT molecular complexity index is 678. The third-order valence-corrected chi connectivity index (χ3v) is 4.76. The standard InChI is InChI=1S/C22H31NO4/c1-16(2)19(15-24)23(13-17-9-7-6-8-10-17)14-18-11-20(25-3)22(27-5)21(12-18)26-4/h6-12,16,19,24H,13-15H2,1-5H3. The molecule has 0 fully saturated rings. The zero-order valence-corrected chi connectivity index (χ0v) is 16.9. The number of benzene rings is 2. The molecule has 0 spiro atoms. The van der Waals surface area contributed by atoms with Gasteiger partial charge < -0.3 is 19.3 Å². The highest BCUT2D eigenvalue weighted by Crippen LogP contribution is 2.38. The highest BCUT2D eigenvalue weighted by atomic mass is 16.5. The number of ether oxygens (including phenoxy) is 3. The first-order chi connectivity index (χ1) is 13.0. The summed E-state index contributed by atoms with van der Waals surface area (Å²) in [5.41, 5.74) is 2.25. The van der Waals surface area contributed by atoms with Gasteiger partial charge in [-0.15, -0.1) is 0 Å². The number of aliphatic hydroxyl groups excluding tert-OH is 1. The number of aliphatic hydroxyl groups is 1. The molecule has 0 radical (unpaired) electrons.